The number of carbonyl (C=O) groups is 1. The zero-order valence-electron chi connectivity index (χ0n) is 10.8. The SMILES string of the molecule is Cc1[nH]cnc1CN1CCN(c2ccccc2)C1=O. The molecule has 98 valence electrons. The predicted octanol–water partition coefficient (Wildman–Crippen LogP) is 2.16. The van der Waals surface area contributed by atoms with Crippen molar-refractivity contribution < 1.29 is 4.79 Å². The van der Waals surface area contributed by atoms with Crippen LogP contribution in [-0.2, 0) is 6.54 Å². The molecular formula is C14H16N4O. The monoisotopic (exact) mass is 256 g/mol. The van der Waals surface area contributed by atoms with E-state index in [2.05, 4.69) is 9.97 Å². The second-order valence-corrected chi connectivity index (χ2v) is 4.67. The third kappa shape index (κ3) is 2.19. The van der Waals surface area contributed by atoms with Crippen LogP contribution in [0.2, 0.25) is 0 Å². The van der Waals surface area contributed by atoms with Crippen LogP contribution in [0.3, 0.4) is 0 Å². The maximum Gasteiger partial charge on any atom is 0.324 e. The van der Waals surface area contributed by atoms with E-state index in [0.717, 1.165) is 30.2 Å². The molecule has 0 radical (unpaired) electrons. The Bertz CT molecular complexity index is 578. The zero-order valence-corrected chi connectivity index (χ0v) is 10.8. The van der Waals surface area contributed by atoms with Gasteiger partial charge in [0.05, 0.1) is 18.6 Å². The number of aryl methyl sites for hydroxylation is 1. The summed E-state index contributed by atoms with van der Waals surface area (Å²) in [5, 5.41) is 0. The van der Waals surface area contributed by atoms with Crippen LogP contribution in [0.5, 0.6) is 0 Å². The Morgan fingerprint density at radius 3 is 2.74 bits per heavy atom. The lowest BCUT2D eigenvalue weighted by Crippen LogP contribution is -2.31. The Balaban J connectivity index is 1.74. The van der Waals surface area contributed by atoms with Gasteiger partial charge in [0.2, 0.25) is 0 Å². The van der Waals surface area contributed by atoms with Gasteiger partial charge in [-0.15, -0.1) is 0 Å². The number of rotatable bonds is 3. The minimum atomic E-state index is 0.0496. The number of hydrogen-bond donors (Lipinski definition) is 1. The van der Waals surface area contributed by atoms with Crippen LogP contribution in [0.1, 0.15) is 11.4 Å². The van der Waals surface area contributed by atoms with E-state index < -0.39 is 0 Å². The molecule has 0 unspecified atom stereocenters. The van der Waals surface area contributed by atoms with Gasteiger partial charge >= 0.3 is 6.03 Å². The fourth-order valence-electron chi connectivity index (χ4n) is 2.30. The Morgan fingerprint density at radius 2 is 2.05 bits per heavy atom. The first-order valence-electron chi connectivity index (χ1n) is 6.36. The molecule has 1 N–H and O–H groups in total. The van der Waals surface area contributed by atoms with Crippen molar-refractivity contribution in [3.8, 4) is 0 Å². The lowest BCUT2D eigenvalue weighted by molar-refractivity contribution is 0.218. The topological polar surface area (TPSA) is 52.2 Å². The molecule has 1 saturated heterocycles. The zero-order chi connectivity index (χ0) is 13.2. The molecule has 2 amide bonds. The van der Waals surface area contributed by atoms with Crippen LogP contribution in [0.25, 0.3) is 0 Å². The molecular weight excluding hydrogens is 240 g/mol. The maximum absolute atomic E-state index is 12.4. The van der Waals surface area contributed by atoms with Crippen molar-refractivity contribution in [3.05, 3.63) is 48.0 Å². The van der Waals surface area contributed by atoms with E-state index in [0.29, 0.717) is 6.54 Å². The number of imidazole rings is 1. The number of aromatic amines is 1. The Labute approximate surface area is 111 Å². The standard InChI is InChI=1S/C14H16N4O/c1-11-13(16-10-15-11)9-17-7-8-18(14(17)19)12-5-3-2-4-6-12/h2-6,10H,7-9H2,1H3,(H,15,16). The average Bonchev–Trinajstić information content (AvgIpc) is 2.99. The highest BCUT2D eigenvalue weighted by molar-refractivity contribution is 5.94. The lowest BCUT2D eigenvalue weighted by Gasteiger charge is -2.18. The molecule has 2 aromatic rings. The molecule has 5 heteroatoms. The summed E-state index contributed by atoms with van der Waals surface area (Å²) < 4.78 is 0. The highest BCUT2D eigenvalue weighted by atomic mass is 16.2. The van der Waals surface area contributed by atoms with Gasteiger partial charge in [-0.3, -0.25) is 4.90 Å². The van der Waals surface area contributed by atoms with Crippen LogP contribution >= 0.6 is 0 Å². The first-order chi connectivity index (χ1) is 9.25. The number of anilines is 1. The number of amides is 2. The summed E-state index contributed by atoms with van der Waals surface area (Å²) in [5.74, 6) is 0. The largest absolute Gasteiger partial charge is 0.348 e. The molecule has 1 aromatic carbocycles. The summed E-state index contributed by atoms with van der Waals surface area (Å²) in [5.41, 5.74) is 2.91. The van der Waals surface area contributed by atoms with Gasteiger partial charge in [0.1, 0.15) is 0 Å². The number of para-hydroxylation sites is 1. The van der Waals surface area contributed by atoms with Gasteiger partial charge in [0.15, 0.2) is 0 Å². The molecule has 2 heterocycles. The number of H-pyrrole nitrogens is 1. The van der Waals surface area contributed by atoms with Gasteiger partial charge in [-0.05, 0) is 19.1 Å². The lowest BCUT2D eigenvalue weighted by atomic mass is 10.3. The summed E-state index contributed by atoms with van der Waals surface area (Å²) in [7, 11) is 0. The van der Waals surface area contributed by atoms with Gasteiger partial charge in [-0.25, -0.2) is 9.78 Å². The van der Waals surface area contributed by atoms with Crippen LogP contribution < -0.4 is 4.90 Å². The van der Waals surface area contributed by atoms with Crippen molar-refractivity contribution in [2.75, 3.05) is 18.0 Å². The van der Waals surface area contributed by atoms with Crippen molar-refractivity contribution in [1.29, 1.82) is 0 Å². The Kier molecular flexibility index (Phi) is 2.95. The van der Waals surface area contributed by atoms with Crippen molar-refractivity contribution in [2.24, 2.45) is 0 Å². The minimum Gasteiger partial charge on any atom is -0.348 e. The first-order valence-corrected chi connectivity index (χ1v) is 6.36. The second kappa shape index (κ2) is 4.76. The molecule has 0 bridgehead atoms. The molecule has 1 fully saturated rings. The number of urea groups is 1. The Morgan fingerprint density at radius 1 is 1.26 bits per heavy atom. The van der Waals surface area contributed by atoms with Crippen molar-refractivity contribution in [2.45, 2.75) is 13.5 Å². The van der Waals surface area contributed by atoms with E-state index in [1.54, 1.807) is 6.33 Å². The van der Waals surface area contributed by atoms with Gasteiger partial charge in [0.25, 0.3) is 0 Å². The van der Waals surface area contributed by atoms with Crippen LogP contribution in [0.4, 0.5) is 10.5 Å². The van der Waals surface area contributed by atoms with Gasteiger partial charge in [0, 0.05) is 24.5 Å². The number of nitrogens with one attached hydrogen (secondary N) is 1. The number of hydrogen-bond acceptors (Lipinski definition) is 2. The molecule has 5 nitrogen and oxygen atoms in total. The number of benzene rings is 1. The average molecular weight is 256 g/mol. The third-order valence-corrected chi connectivity index (χ3v) is 3.44. The molecule has 0 spiro atoms. The molecule has 0 saturated carbocycles. The third-order valence-electron chi connectivity index (χ3n) is 3.44. The fraction of sp³-hybridized carbons (Fsp3) is 0.286. The number of aromatic nitrogens is 2. The second-order valence-electron chi connectivity index (χ2n) is 4.67. The minimum absolute atomic E-state index is 0.0496. The van der Waals surface area contributed by atoms with Crippen molar-refractivity contribution >= 4 is 11.7 Å². The molecule has 0 atom stereocenters. The van der Waals surface area contributed by atoms with E-state index in [1.165, 1.54) is 0 Å². The highest BCUT2D eigenvalue weighted by Gasteiger charge is 2.29. The summed E-state index contributed by atoms with van der Waals surface area (Å²) in [4.78, 5) is 23.3. The predicted molar refractivity (Wildman–Crippen MR) is 72.9 cm³/mol. The van der Waals surface area contributed by atoms with Crippen LogP contribution in [0, 0.1) is 6.92 Å². The van der Waals surface area contributed by atoms with Crippen molar-refractivity contribution in [1.82, 2.24) is 14.9 Å². The summed E-state index contributed by atoms with van der Waals surface area (Å²) >= 11 is 0. The molecule has 1 aromatic heterocycles. The fourth-order valence-corrected chi connectivity index (χ4v) is 2.30. The van der Waals surface area contributed by atoms with E-state index in [4.69, 9.17) is 0 Å². The smallest absolute Gasteiger partial charge is 0.324 e. The van der Waals surface area contributed by atoms with Gasteiger partial charge < -0.3 is 9.88 Å². The van der Waals surface area contributed by atoms with E-state index in [1.807, 2.05) is 47.1 Å². The van der Waals surface area contributed by atoms with Gasteiger partial charge in [-0.2, -0.15) is 0 Å². The van der Waals surface area contributed by atoms with E-state index >= 15 is 0 Å². The highest BCUT2D eigenvalue weighted by Crippen LogP contribution is 2.21. The van der Waals surface area contributed by atoms with E-state index in [-0.39, 0.29) is 6.03 Å². The quantitative estimate of drug-likeness (QED) is 0.915. The normalized spacial score (nSPS) is 15.3. The number of nitrogens with zero attached hydrogens (tertiary/aromatic N) is 3. The Hall–Kier alpha value is -2.30. The van der Waals surface area contributed by atoms with Crippen LogP contribution in [-0.4, -0.2) is 34.0 Å². The van der Waals surface area contributed by atoms with Crippen LogP contribution in [0.15, 0.2) is 36.7 Å². The molecule has 1 aliphatic heterocycles. The summed E-state index contributed by atoms with van der Waals surface area (Å²) in [6.45, 7) is 4.00. The van der Waals surface area contributed by atoms with Gasteiger partial charge in [-0.1, -0.05) is 18.2 Å². The van der Waals surface area contributed by atoms with E-state index in [9.17, 15) is 4.79 Å². The maximum atomic E-state index is 12.4. The molecule has 19 heavy (non-hydrogen) atoms. The molecule has 0 aliphatic carbocycles. The molecule has 3 rings (SSSR count). The molecule has 1 aliphatic rings. The number of carbonyl (C=O) groups excluding carboxylic acids is 1. The van der Waals surface area contributed by atoms with Crippen molar-refractivity contribution in [3.63, 3.8) is 0 Å². The first kappa shape index (κ1) is 11.8. The summed E-state index contributed by atoms with van der Waals surface area (Å²) in [6.07, 6.45) is 1.67. The summed E-state index contributed by atoms with van der Waals surface area (Å²) in [6, 6.07) is 9.82.